The first kappa shape index (κ1) is 18.0. The second-order valence-electron chi connectivity index (χ2n) is 5.38. The maximum atomic E-state index is 11.9. The van der Waals surface area contributed by atoms with E-state index in [-0.39, 0.29) is 12.3 Å². The van der Waals surface area contributed by atoms with Crippen LogP contribution in [-0.4, -0.2) is 28.3 Å². The van der Waals surface area contributed by atoms with Gasteiger partial charge < -0.3 is 10.4 Å². The average Bonchev–Trinajstić information content (AvgIpc) is 2.38. The van der Waals surface area contributed by atoms with E-state index in [2.05, 4.69) is 21.2 Å². The Kier molecular flexibility index (Phi) is 7.25. The lowest BCUT2D eigenvalue weighted by atomic mass is 9.98. The highest BCUT2D eigenvalue weighted by molar-refractivity contribution is 9.10. The van der Waals surface area contributed by atoms with Crippen molar-refractivity contribution in [1.29, 1.82) is 0 Å². The quantitative estimate of drug-likeness (QED) is 0.681. The van der Waals surface area contributed by atoms with Crippen LogP contribution in [0, 0.1) is 0 Å². The molecule has 1 aromatic rings. The molecule has 1 rings (SSSR count). The smallest absolute Gasteiger partial charge is 0.303 e. The summed E-state index contributed by atoms with van der Waals surface area (Å²) < 4.78 is 1.03. The van der Waals surface area contributed by atoms with E-state index in [0.29, 0.717) is 18.6 Å². The number of nitrogens with one attached hydrogen (secondary N) is 1. The number of carbonyl (C=O) groups is 2. The van der Waals surface area contributed by atoms with Crippen LogP contribution < -0.4 is 5.32 Å². The predicted octanol–water partition coefficient (Wildman–Crippen LogP) is 3.69. The number of carboxylic acid groups (broad SMARTS) is 1. The number of carbonyl (C=O) groups excluding carboxylic acids is 1. The Balaban J connectivity index is 2.30. The van der Waals surface area contributed by atoms with Crippen molar-refractivity contribution >= 4 is 39.6 Å². The summed E-state index contributed by atoms with van der Waals surface area (Å²) in [5.74, 6) is -0.194. The topological polar surface area (TPSA) is 66.4 Å². The standard InChI is InChI=1S/C15H20BrNO3S/c1-15(2,9-7-14(19)20)17-13(18)8-10-21-12-5-3-11(16)4-6-12/h3-6H,7-10H2,1-2H3,(H,17,18)(H,19,20). The molecule has 0 aliphatic heterocycles. The van der Waals surface area contributed by atoms with Crippen molar-refractivity contribution in [2.45, 2.75) is 43.5 Å². The molecule has 0 saturated heterocycles. The zero-order valence-corrected chi connectivity index (χ0v) is 14.6. The molecule has 6 heteroatoms. The van der Waals surface area contributed by atoms with Crippen LogP contribution in [0.3, 0.4) is 0 Å². The Morgan fingerprint density at radius 1 is 1.24 bits per heavy atom. The maximum absolute atomic E-state index is 11.9. The van der Waals surface area contributed by atoms with E-state index in [1.165, 1.54) is 0 Å². The maximum Gasteiger partial charge on any atom is 0.303 e. The molecule has 2 N–H and O–H groups in total. The fourth-order valence-corrected chi connectivity index (χ4v) is 2.83. The predicted molar refractivity (Wildman–Crippen MR) is 88.6 cm³/mol. The van der Waals surface area contributed by atoms with Crippen LogP contribution in [0.2, 0.25) is 0 Å². The molecule has 0 aromatic heterocycles. The van der Waals surface area contributed by atoms with Gasteiger partial charge in [0.05, 0.1) is 0 Å². The van der Waals surface area contributed by atoms with Crippen LogP contribution in [0.4, 0.5) is 0 Å². The summed E-state index contributed by atoms with van der Waals surface area (Å²) in [6, 6.07) is 7.95. The van der Waals surface area contributed by atoms with Crippen LogP contribution in [0.1, 0.15) is 33.1 Å². The van der Waals surface area contributed by atoms with Gasteiger partial charge >= 0.3 is 5.97 Å². The van der Waals surface area contributed by atoms with Crippen LogP contribution in [-0.2, 0) is 9.59 Å². The molecule has 0 aliphatic carbocycles. The summed E-state index contributed by atoms with van der Waals surface area (Å²) in [6.07, 6.45) is 0.895. The van der Waals surface area contributed by atoms with Gasteiger partial charge in [-0.1, -0.05) is 15.9 Å². The van der Waals surface area contributed by atoms with E-state index in [1.54, 1.807) is 11.8 Å². The molecular weight excluding hydrogens is 354 g/mol. The van der Waals surface area contributed by atoms with Gasteiger partial charge in [-0.2, -0.15) is 0 Å². The molecular formula is C15H20BrNO3S. The zero-order valence-electron chi connectivity index (χ0n) is 12.2. The number of amides is 1. The second-order valence-corrected chi connectivity index (χ2v) is 7.46. The lowest BCUT2D eigenvalue weighted by Crippen LogP contribution is -2.43. The zero-order chi connectivity index (χ0) is 15.9. The fourth-order valence-electron chi connectivity index (χ4n) is 1.71. The van der Waals surface area contributed by atoms with E-state index in [0.717, 1.165) is 9.37 Å². The Morgan fingerprint density at radius 3 is 2.43 bits per heavy atom. The van der Waals surface area contributed by atoms with Gasteiger partial charge in [-0.3, -0.25) is 9.59 Å². The molecule has 0 radical (unpaired) electrons. The Labute approximate surface area is 137 Å². The van der Waals surface area contributed by atoms with Crippen molar-refractivity contribution in [2.75, 3.05) is 5.75 Å². The summed E-state index contributed by atoms with van der Waals surface area (Å²) in [7, 11) is 0. The summed E-state index contributed by atoms with van der Waals surface area (Å²) >= 11 is 5.01. The normalized spacial score (nSPS) is 11.2. The van der Waals surface area contributed by atoms with Crippen LogP contribution in [0.25, 0.3) is 0 Å². The first-order chi connectivity index (χ1) is 9.78. The number of benzene rings is 1. The van der Waals surface area contributed by atoms with E-state index < -0.39 is 11.5 Å². The molecule has 0 bridgehead atoms. The third kappa shape index (κ3) is 8.12. The second kappa shape index (κ2) is 8.44. The molecule has 0 spiro atoms. The molecule has 116 valence electrons. The van der Waals surface area contributed by atoms with E-state index in [9.17, 15) is 9.59 Å². The van der Waals surface area contributed by atoms with E-state index in [4.69, 9.17) is 5.11 Å². The van der Waals surface area contributed by atoms with Gasteiger partial charge in [-0.25, -0.2) is 0 Å². The number of hydrogen-bond donors (Lipinski definition) is 2. The van der Waals surface area contributed by atoms with Crippen LogP contribution in [0.5, 0.6) is 0 Å². The molecule has 21 heavy (non-hydrogen) atoms. The molecule has 4 nitrogen and oxygen atoms in total. The Hall–Kier alpha value is -1.01. The number of rotatable bonds is 8. The summed E-state index contributed by atoms with van der Waals surface area (Å²) in [5, 5.41) is 11.6. The highest BCUT2D eigenvalue weighted by Crippen LogP contribution is 2.21. The summed E-state index contributed by atoms with van der Waals surface area (Å²) in [6.45, 7) is 3.69. The molecule has 1 amide bonds. The first-order valence-corrected chi connectivity index (χ1v) is 8.47. The first-order valence-electron chi connectivity index (χ1n) is 6.70. The molecule has 0 atom stereocenters. The van der Waals surface area contributed by atoms with Crippen molar-refractivity contribution in [3.8, 4) is 0 Å². The van der Waals surface area contributed by atoms with E-state index >= 15 is 0 Å². The van der Waals surface area contributed by atoms with Crippen molar-refractivity contribution in [3.05, 3.63) is 28.7 Å². The van der Waals surface area contributed by atoms with Gasteiger partial charge in [0.25, 0.3) is 0 Å². The largest absolute Gasteiger partial charge is 0.481 e. The van der Waals surface area contributed by atoms with Crippen LogP contribution in [0.15, 0.2) is 33.6 Å². The Morgan fingerprint density at radius 2 is 1.86 bits per heavy atom. The van der Waals surface area contributed by atoms with Gasteiger partial charge in [0, 0.05) is 33.5 Å². The van der Waals surface area contributed by atoms with E-state index in [1.807, 2.05) is 38.1 Å². The molecule has 0 heterocycles. The van der Waals surface area contributed by atoms with Crippen molar-refractivity contribution in [2.24, 2.45) is 0 Å². The molecule has 0 unspecified atom stereocenters. The minimum absolute atomic E-state index is 0.0463. The minimum Gasteiger partial charge on any atom is -0.481 e. The number of halogens is 1. The number of thioether (sulfide) groups is 1. The lowest BCUT2D eigenvalue weighted by molar-refractivity contribution is -0.137. The SMILES string of the molecule is CC(C)(CCC(=O)O)NC(=O)CCSc1ccc(Br)cc1. The Bertz CT molecular complexity index is 488. The lowest BCUT2D eigenvalue weighted by Gasteiger charge is -2.25. The molecule has 0 saturated carbocycles. The van der Waals surface area contributed by atoms with Crippen molar-refractivity contribution < 1.29 is 14.7 Å². The van der Waals surface area contributed by atoms with Gasteiger partial charge in [0.15, 0.2) is 0 Å². The third-order valence-corrected chi connectivity index (χ3v) is 4.40. The van der Waals surface area contributed by atoms with Crippen LogP contribution >= 0.6 is 27.7 Å². The average molecular weight is 374 g/mol. The number of aliphatic carboxylic acids is 1. The third-order valence-electron chi connectivity index (χ3n) is 2.85. The molecule has 1 aromatic carbocycles. The molecule has 0 fully saturated rings. The monoisotopic (exact) mass is 373 g/mol. The van der Waals surface area contributed by atoms with Gasteiger partial charge in [0.2, 0.25) is 5.91 Å². The summed E-state index contributed by atoms with van der Waals surface area (Å²) in [4.78, 5) is 23.6. The highest BCUT2D eigenvalue weighted by atomic mass is 79.9. The van der Waals surface area contributed by atoms with Crippen molar-refractivity contribution in [3.63, 3.8) is 0 Å². The van der Waals surface area contributed by atoms with Gasteiger partial charge in [-0.05, 0) is 44.5 Å². The number of carboxylic acids is 1. The van der Waals surface area contributed by atoms with Crippen molar-refractivity contribution in [1.82, 2.24) is 5.32 Å². The molecule has 0 aliphatic rings. The number of hydrogen-bond acceptors (Lipinski definition) is 3. The van der Waals surface area contributed by atoms with Gasteiger partial charge in [0.1, 0.15) is 0 Å². The summed E-state index contributed by atoms with van der Waals surface area (Å²) in [5.41, 5.74) is -0.488. The fraction of sp³-hybridized carbons (Fsp3) is 0.467. The highest BCUT2D eigenvalue weighted by Gasteiger charge is 2.21. The van der Waals surface area contributed by atoms with Gasteiger partial charge in [-0.15, -0.1) is 11.8 Å². The minimum atomic E-state index is -0.844.